The summed E-state index contributed by atoms with van der Waals surface area (Å²) in [5, 5.41) is 0. The lowest BCUT2D eigenvalue weighted by atomic mass is 9.44. The van der Waals surface area contributed by atoms with Crippen LogP contribution in [-0.4, -0.2) is 92.2 Å². The van der Waals surface area contributed by atoms with Gasteiger partial charge in [0, 0.05) is 50.7 Å². The number of morpholine rings is 1. The lowest BCUT2D eigenvalue weighted by Crippen LogP contribution is -2.61. The third kappa shape index (κ3) is 5.07. The van der Waals surface area contributed by atoms with Gasteiger partial charge in [-0.15, -0.1) is 6.58 Å². The Morgan fingerprint density at radius 3 is 2.46 bits per heavy atom. The summed E-state index contributed by atoms with van der Waals surface area (Å²) in [7, 11) is 0. The van der Waals surface area contributed by atoms with Gasteiger partial charge in [-0.2, -0.15) is 0 Å². The van der Waals surface area contributed by atoms with Crippen molar-refractivity contribution in [2.75, 3.05) is 52.5 Å². The Morgan fingerprint density at radius 1 is 1.02 bits per heavy atom. The van der Waals surface area contributed by atoms with E-state index in [0.29, 0.717) is 30.0 Å². The summed E-state index contributed by atoms with van der Waals surface area (Å²) in [4.78, 5) is 15.3. The zero-order valence-electron chi connectivity index (χ0n) is 26.2. The fourth-order valence-electron chi connectivity index (χ4n) is 11.6. The number of hydrogen-bond donors (Lipinski definition) is 0. The molecule has 2 heterocycles. The number of fused-ring (bicyclic) bond motifs is 5. The monoisotopic (exact) mass is 569 g/mol. The lowest BCUT2D eigenvalue weighted by Gasteiger charge is -2.62. The normalized spacial score (nSPS) is 45.7. The van der Waals surface area contributed by atoms with E-state index < -0.39 is 0 Å². The van der Waals surface area contributed by atoms with Gasteiger partial charge in [-0.25, -0.2) is 0 Å². The van der Waals surface area contributed by atoms with E-state index in [9.17, 15) is 4.79 Å². The molecule has 0 N–H and O–H groups in total. The molecule has 0 amide bonds. The molecule has 6 nitrogen and oxygen atoms in total. The summed E-state index contributed by atoms with van der Waals surface area (Å²) >= 11 is 0. The van der Waals surface area contributed by atoms with Crippen molar-refractivity contribution < 1.29 is 23.5 Å². The molecule has 4 saturated carbocycles. The summed E-state index contributed by atoms with van der Waals surface area (Å²) in [5.74, 6) is 2.72. The zero-order valence-corrected chi connectivity index (χ0v) is 26.2. The van der Waals surface area contributed by atoms with Crippen LogP contribution in [0.15, 0.2) is 25.3 Å². The van der Waals surface area contributed by atoms with Crippen LogP contribution in [0.2, 0.25) is 0 Å². The Morgan fingerprint density at radius 2 is 1.78 bits per heavy atom. The minimum absolute atomic E-state index is 0.0265. The molecule has 6 aliphatic rings. The van der Waals surface area contributed by atoms with Gasteiger partial charge in [0.1, 0.15) is 6.04 Å². The number of likely N-dealkylation sites (tertiary alicyclic amines) is 1. The molecule has 0 unspecified atom stereocenters. The highest BCUT2D eigenvalue weighted by molar-refractivity contribution is 5.66. The Bertz CT molecular complexity index is 973. The molecule has 2 aliphatic heterocycles. The Labute approximate surface area is 249 Å². The van der Waals surface area contributed by atoms with Gasteiger partial charge in [0.15, 0.2) is 6.10 Å². The molecule has 0 aromatic heterocycles. The van der Waals surface area contributed by atoms with E-state index in [0.717, 1.165) is 55.1 Å². The average molecular weight is 570 g/mol. The SMILES string of the molecule is C=CCO[C@H]1C[C@@H]2CC[C@@H]3[C@H](CC[C@@]4(C)[C@H]3C[C@H]([N+]3(CC=C)CCCC3)[C@@H]4OC(C)=O)[C@@]2(C)C[C@@H]1N1CCOCC1. The van der Waals surface area contributed by atoms with Crippen molar-refractivity contribution >= 4 is 5.97 Å². The van der Waals surface area contributed by atoms with Crippen LogP contribution in [0.5, 0.6) is 0 Å². The smallest absolute Gasteiger partial charge is 0.303 e. The summed E-state index contributed by atoms with van der Waals surface area (Å²) in [5.41, 5.74) is 0.404. The van der Waals surface area contributed by atoms with E-state index in [4.69, 9.17) is 14.2 Å². The maximum Gasteiger partial charge on any atom is 0.303 e. The maximum atomic E-state index is 12.6. The van der Waals surface area contributed by atoms with Gasteiger partial charge in [0.05, 0.1) is 45.6 Å². The highest BCUT2D eigenvalue weighted by atomic mass is 16.5. The number of hydrogen-bond acceptors (Lipinski definition) is 5. The number of rotatable bonds is 8. The van der Waals surface area contributed by atoms with Crippen molar-refractivity contribution in [3.05, 3.63) is 25.3 Å². The standard InChI is InChI=1S/C35H57N2O4/c1-6-16-37(17-8-9-18-37)31-23-29-27-11-10-26-22-32(40-19-7-2)30(36-14-20-39-21-15-36)24-35(26,5)28(27)12-13-34(29,4)33(31)41-25(3)38/h6-7,26-33H,1-2,8-24H2,3-5H3/q+1/t26-,27+,28-,29-,30-,31-,32-,33-,34-,35-/m0/s1. The van der Waals surface area contributed by atoms with Crippen LogP contribution >= 0.6 is 0 Å². The average Bonchev–Trinajstić information content (AvgIpc) is 3.55. The Kier molecular flexibility index (Phi) is 8.52. The van der Waals surface area contributed by atoms with Crippen molar-refractivity contribution in [2.45, 2.75) is 103 Å². The van der Waals surface area contributed by atoms with E-state index in [-0.39, 0.29) is 23.6 Å². The van der Waals surface area contributed by atoms with Gasteiger partial charge in [0.25, 0.3) is 0 Å². The molecule has 0 bridgehead atoms. The zero-order chi connectivity index (χ0) is 28.8. The van der Waals surface area contributed by atoms with Gasteiger partial charge in [-0.3, -0.25) is 9.69 Å². The lowest BCUT2D eigenvalue weighted by molar-refractivity contribution is -0.937. The van der Waals surface area contributed by atoms with Crippen molar-refractivity contribution in [3.63, 3.8) is 0 Å². The molecule has 6 rings (SSSR count). The van der Waals surface area contributed by atoms with Crippen molar-refractivity contribution in [3.8, 4) is 0 Å². The molecular weight excluding hydrogens is 512 g/mol. The molecule has 0 aromatic rings. The van der Waals surface area contributed by atoms with Gasteiger partial charge >= 0.3 is 5.97 Å². The number of carbonyl (C=O) groups is 1. The molecule has 4 aliphatic carbocycles. The predicted octanol–water partition coefficient (Wildman–Crippen LogP) is 5.62. The molecule has 0 spiro atoms. The van der Waals surface area contributed by atoms with Gasteiger partial charge in [-0.1, -0.05) is 26.5 Å². The topological polar surface area (TPSA) is 48.0 Å². The first-order valence-corrected chi connectivity index (χ1v) is 16.9. The molecule has 6 heteroatoms. The van der Waals surface area contributed by atoms with Gasteiger partial charge in [-0.05, 0) is 73.7 Å². The van der Waals surface area contributed by atoms with Crippen molar-refractivity contribution in [2.24, 2.45) is 34.5 Å². The van der Waals surface area contributed by atoms with Crippen LogP contribution in [-0.2, 0) is 19.0 Å². The fourth-order valence-corrected chi connectivity index (χ4v) is 11.6. The second-order valence-corrected chi connectivity index (χ2v) is 15.2. The Hall–Kier alpha value is -1.21. The van der Waals surface area contributed by atoms with Crippen LogP contribution in [0.1, 0.15) is 78.6 Å². The molecule has 0 aromatic carbocycles. The second kappa shape index (κ2) is 11.7. The van der Waals surface area contributed by atoms with Crippen LogP contribution in [0.3, 0.4) is 0 Å². The first-order valence-electron chi connectivity index (χ1n) is 16.9. The third-order valence-corrected chi connectivity index (χ3v) is 13.5. The number of esters is 1. The largest absolute Gasteiger partial charge is 0.456 e. The van der Waals surface area contributed by atoms with Gasteiger partial charge < -0.3 is 18.7 Å². The number of ether oxygens (including phenoxy) is 3. The maximum absolute atomic E-state index is 12.6. The summed E-state index contributed by atoms with van der Waals surface area (Å²) in [6.45, 7) is 22.7. The predicted molar refractivity (Wildman–Crippen MR) is 162 cm³/mol. The molecule has 41 heavy (non-hydrogen) atoms. The van der Waals surface area contributed by atoms with Crippen LogP contribution in [0.25, 0.3) is 0 Å². The van der Waals surface area contributed by atoms with Crippen LogP contribution in [0.4, 0.5) is 0 Å². The van der Waals surface area contributed by atoms with Crippen molar-refractivity contribution in [1.82, 2.24) is 4.90 Å². The second-order valence-electron chi connectivity index (χ2n) is 15.2. The molecule has 230 valence electrons. The quantitative estimate of drug-likeness (QED) is 0.216. The van der Waals surface area contributed by atoms with Crippen LogP contribution in [0, 0.1) is 34.5 Å². The highest BCUT2D eigenvalue weighted by Crippen LogP contribution is 2.67. The van der Waals surface area contributed by atoms with Crippen LogP contribution < -0.4 is 0 Å². The third-order valence-electron chi connectivity index (χ3n) is 13.5. The molecule has 2 saturated heterocycles. The van der Waals surface area contributed by atoms with E-state index in [1.807, 2.05) is 6.08 Å². The summed E-state index contributed by atoms with van der Waals surface area (Å²) in [6, 6.07) is 0.867. The molecule has 0 radical (unpaired) electrons. The fraction of sp³-hybridized carbons (Fsp3) is 0.857. The minimum atomic E-state index is -0.0955. The van der Waals surface area contributed by atoms with E-state index in [1.165, 1.54) is 70.9 Å². The first-order chi connectivity index (χ1) is 19.8. The highest BCUT2D eigenvalue weighted by Gasteiger charge is 2.67. The Balaban J connectivity index is 1.29. The first kappa shape index (κ1) is 29.8. The van der Waals surface area contributed by atoms with E-state index >= 15 is 0 Å². The minimum Gasteiger partial charge on any atom is -0.456 e. The van der Waals surface area contributed by atoms with Crippen molar-refractivity contribution in [1.29, 1.82) is 0 Å². The van der Waals surface area contributed by atoms with E-state index in [1.54, 1.807) is 6.92 Å². The molecule has 10 atom stereocenters. The summed E-state index contributed by atoms with van der Waals surface area (Å²) in [6.07, 6.45) is 15.6. The van der Waals surface area contributed by atoms with Gasteiger partial charge in [0.2, 0.25) is 0 Å². The molecule has 6 fully saturated rings. The number of carbonyl (C=O) groups excluding carboxylic acids is 1. The molecular formula is C35H57N2O4+. The van der Waals surface area contributed by atoms with E-state index in [2.05, 4.69) is 38.0 Å². The number of nitrogens with zero attached hydrogens (tertiary/aromatic N) is 2. The summed E-state index contributed by atoms with van der Waals surface area (Å²) < 4.78 is 19.8. The number of quaternary nitrogens is 1.